The van der Waals surface area contributed by atoms with Crippen LogP contribution in [0.3, 0.4) is 0 Å². The summed E-state index contributed by atoms with van der Waals surface area (Å²) >= 11 is 0. The van der Waals surface area contributed by atoms with E-state index >= 15 is 0 Å². The van der Waals surface area contributed by atoms with Crippen LogP contribution in [0, 0.1) is 6.92 Å². The normalized spacial score (nSPS) is 14.9. The van der Waals surface area contributed by atoms with Crippen LogP contribution in [-0.2, 0) is 16.4 Å². The lowest BCUT2D eigenvalue weighted by Crippen LogP contribution is -2.35. The molecule has 0 saturated heterocycles. The number of benzene rings is 2. The molecule has 1 heterocycles. The van der Waals surface area contributed by atoms with Crippen molar-refractivity contribution in [2.75, 3.05) is 10.8 Å². The van der Waals surface area contributed by atoms with E-state index in [2.05, 4.69) is 0 Å². The Bertz CT molecular complexity index is 723. The molecule has 0 spiro atoms. The average molecular weight is 287 g/mol. The minimum Gasteiger partial charge on any atom is -0.266 e. The molecule has 20 heavy (non-hydrogen) atoms. The van der Waals surface area contributed by atoms with E-state index in [9.17, 15) is 8.42 Å². The maximum absolute atomic E-state index is 12.8. The van der Waals surface area contributed by atoms with E-state index in [0.29, 0.717) is 11.4 Å². The van der Waals surface area contributed by atoms with Gasteiger partial charge in [-0.2, -0.15) is 0 Å². The zero-order valence-electron chi connectivity index (χ0n) is 11.4. The van der Waals surface area contributed by atoms with Gasteiger partial charge in [0.25, 0.3) is 10.0 Å². The zero-order chi connectivity index (χ0) is 14.2. The second-order valence-corrected chi connectivity index (χ2v) is 6.99. The van der Waals surface area contributed by atoms with Crippen LogP contribution in [-0.4, -0.2) is 15.0 Å². The summed E-state index contributed by atoms with van der Waals surface area (Å²) in [6.07, 6.45) is 1.80. The molecule has 3 nitrogen and oxygen atoms in total. The second-order valence-electron chi connectivity index (χ2n) is 5.13. The molecule has 1 aliphatic heterocycles. The topological polar surface area (TPSA) is 37.4 Å². The molecule has 104 valence electrons. The van der Waals surface area contributed by atoms with Gasteiger partial charge in [0.1, 0.15) is 0 Å². The molecule has 2 aromatic carbocycles. The number of sulfonamides is 1. The third-order valence-electron chi connectivity index (χ3n) is 3.65. The van der Waals surface area contributed by atoms with Crippen LogP contribution in [0.1, 0.15) is 17.5 Å². The van der Waals surface area contributed by atoms with Gasteiger partial charge >= 0.3 is 0 Å². The van der Waals surface area contributed by atoms with Crippen LogP contribution in [0.25, 0.3) is 0 Å². The van der Waals surface area contributed by atoms with E-state index in [1.807, 2.05) is 31.2 Å². The predicted molar refractivity (Wildman–Crippen MR) is 80.5 cm³/mol. The van der Waals surface area contributed by atoms with Crippen LogP contribution in [0.2, 0.25) is 0 Å². The van der Waals surface area contributed by atoms with Crippen LogP contribution in [0.15, 0.2) is 53.4 Å². The van der Waals surface area contributed by atoms with Crippen molar-refractivity contribution in [2.45, 2.75) is 24.7 Å². The van der Waals surface area contributed by atoms with Gasteiger partial charge in [0.05, 0.1) is 10.6 Å². The zero-order valence-corrected chi connectivity index (χ0v) is 12.2. The van der Waals surface area contributed by atoms with E-state index in [1.165, 1.54) is 0 Å². The third-order valence-corrected chi connectivity index (χ3v) is 5.48. The van der Waals surface area contributed by atoms with E-state index in [1.54, 1.807) is 28.6 Å². The van der Waals surface area contributed by atoms with Gasteiger partial charge in [-0.25, -0.2) is 8.42 Å². The first kappa shape index (κ1) is 13.2. The van der Waals surface area contributed by atoms with Crippen molar-refractivity contribution in [3.05, 3.63) is 59.7 Å². The highest BCUT2D eigenvalue weighted by Gasteiger charge is 2.28. The molecule has 0 bridgehead atoms. The Labute approximate surface area is 119 Å². The highest BCUT2D eigenvalue weighted by Crippen LogP contribution is 2.32. The molecular formula is C16H17NO2S. The molecule has 0 unspecified atom stereocenters. The van der Waals surface area contributed by atoms with Crippen LogP contribution in [0.5, 0.6) is 0 Å². The monoisotopic (exact) mass is 287 g/mol. The minimum atomic E-state index is -3.46. The van der Waals surface area contributed by atoms with Gasteiger partial charge < -0.3 is 0 Å². The standard InChI is InChI=1S/C16H17NO2S/c1-13-9-10-14-6-5-11-17(16(14)12-13)20(18,19)15-7-3-2-4-8-15/h2-4,7-10,12H,5-6,11H2,1H3. The molecule has 0 atom stereocenters. The lowest BCUT2D eigenvalue weighted by Gasteiger charge is -2.30. The average Bonchev–Trinajstić information content (AvgIpc) is 2.47. The highest BCUT2D eigenvalue weighted by atomic mass is 32.2. The number of hydrogen-bond donors (Lipinski definition) is 0. The molecule has 4 heteroatoms. The van der Waals surface area contributed by atoms with Gasteiger partial charge in [-0.1, -0.05) is 30.3 Å². The summed E-state index contributed by atoms with van der Waals surface area (Å²) in [6, 6.07) is 14.7. The second kappa shape index (κ2) is 4.94. The van der Waals surface area contributed by atoms with E-state index in [-0.39, 0.29) is 0 Å². The van der Waals surface area contributed by atoms with Crippen molar-refractivity contribution in [1.29, 1.82) is 0 Å². The summed E-state index contributed by atoms with van der Waals surface area (Å²) in [7, 11) is -3.46. The first-order valence-corrected chi connectivity index (χ1v) is 8.20. The number of rotatable bonds is 2. The fourth-order valence-corrected chi connectivity index (χ4v) is 4.17. The van der Waals surface area contributed by atoms with Crippen molar-refractivity contribution < 1.29 is 8.42 Å². The summed E-state index contributed by atoms with van der Waals surface area (Å²) in [6.45, 7) is 2.54. The molecule has 0 N–H and O–H groups in total. The Morgan fingerprint density at radius 3 is 2.55 bits per heavy atom. The summed E-state index contributed by atoms with van der Waals surface area (Å²) in [5.41, 5.74) is 3.03. The largest absolute Gasteiger partial charge is 0.266 e. The molecule has 3 rings (SSSR count). The van der Waals surface area contributed by atoms with Gasteiger partial charge in [-0.05, 0) is 49.1 Å². The predicted octanol–water partition coefficient (Wildman–Crippen LogP) is 3.14. The molecule has 2 aromatic rings. The summed E-state index contributed by atoms with van der Waals surface area (Å²) in [5, 5.41) is 0. The van der Waals surface area contributed by atoms with E-state index < -0.39 is 10.0 Å². The maximum atomic E-state index is 12.8. The van der Waals surface area contributed by atoms with E-state index in [4.69, 9.17) is 0 Å². The lowest BCUT2D eigenvalue weighted by atomic mass is 10.0. The first-order chi connectivity index (χ1) is 9.59. The van der Waals surface area contributed by atoms with Gasteiger partial charge in [-0.15, -0.1) is 0 Å². The van der Waals surface area contributed by atoms with E-state index in [0.717, 1.165) is 29.7 Å². The number of nitrogens with zero attached hydrogens (tertiary/aromatic N) is 1. The summed E-state index contributed by atoms with van der Waals surface area (Å²) in [5.74, 6) is 0. The fraction of sp³-hybridized carbons (Fsp3) is 0.250. The molecule has 1 aliphatic rings. The van der Waals surface area contributed by atoms with Crippen molar-refractivity contribution in [3.63, 3.8) is 0 Å². The fourth-order valence-electron chi connectivity index (χ4n) is 2.62. The molecule has 0 amide bonds. The lowest BCUT2D eigenvalue weighted by molar-refractivity contribution is 0.586. The summed E-state index contributed by atoms with van der Waals surface area (Å²) in [4.78, 5) is 0.356. The van der Waals surface area contributed by atoms with Crippen molar-refractivity contribution in [3.8, 4) is 0 Å². The Morgan fingerprint density at radius 2 is 1.80 bits per heavy atom. The van der Waals surface area contributed by atoms with Crippen LogP contribution >= 0.6 is 0 Å². The van der Waals surface area contributed by atoms with Crippen molar-refractivity contribution in [2.24, 2.45) is 0 Å². The highest BCUT2D eigenvalue weighted by molar-refractivity contribution is 7.92. The molecule has 0 aliphatic carbocycles. The molecular weight excluding hydrogens is 270 g/mol. The quantitative estimate of drug-likeness (QED) is 0.851. The first-order valence-electron chi connectivity index (χ1n) is 6.76. The minimum absolute atomic E-state index is 0.356. The van der Waals surface area contributed by atoms with Gasteiger partial charge in [0.15, 0.2) is 0 Å². The van der Waals surface area contributed by atoms with Crippen LogP contribution < -0.4 is 4.31 Å². The Hall–Kier alpha value is -1.81. The smallest absolute Gasteiger partial charge is 0.264 e. The maximum Gasteiger partial charge on any atom is 0.264 e. The number of aryl methyl sites for hydroxylation is 2. The van der Waals surface area contributed by atoms with Crippen molar-refractivity contribution >= 4 is 15.7 Å². The molecule has 0 saturated carbocycles. The Balaban J connectivity index is 2.11. The van der Waals surface area contributed by atoms with Crippen molar-refractivity contribution in [1.82, 2.24) is 0 Å². The van der Waals surface area contributed by atoms with Gasteiger partial charge in [0, 0.05) is 6.54 Å². The SMILES string of the molecule is Cc1ccc2c(c1)N(S(=O)(=O)c1ccccc1)CCC2. The summed E-state index contributed by atoms with van der Waals surface area (Å²) < 4.78 is 27.1. The van der Waals surface area contributed by atoms with Gasteiger partial charge in [0.2, 0.25) is 0 Å². The number of anilines is 1. The third kappa shape index (κ3) is 2.20. The number of fused-ring (bicyclic) bond motifs is 1. The molecule has 0 aromatic heterocycles. The van der Waals surface area contributed by atoms with Crippen LogP contribution in [0.4, 0.5) is 5.69 Å². The Morgan fingerprint density at radius 1 is 1.05 bits per heavy atom. The van der Waals surface area contributed by atoms with Gasteiger partial charge in [-0.3, -0.25) is 4.31 Å². The Kier molecular flexibility index (Phi) is 3.26. The molecule has 0 fully saturated rings. The molecule has 0 radical (unpaired) electrons. The number of hydrogen-bond acceptors (Lipinski definition) is 2.